The van der Waals surface area contributed by atoms with Gasteiger partial charge in [0.1, 0.15) is 0 Å². The second-order valence-electron chi connectivity index (χ2n) is 3.62. The minimum Gasteiger partial charge on any atom is -0.768 e. The summed E-state index contributed by atoms with van der Waals surface area (Å²) in [5.41, 5.74) is 2.14. The molecule has 1 aliphatic rings. The molecule has 1 unspecified atom stereocenters. The summed E-state index contributed by atoms with van der Waals surface area (Å²) in [7, 11) is 2.05. The molecule has 0 amide bonds. The Morgan fingerprint density at radius 2 is 2.20 bits per heavy atom. The smallest absolute Gasteiger partial charge is 0.768 e. The Morgan fingerprint density at radius 1 is 1.47 bits per heavy atom. The first-order chi connectivity index (χ1) is 6.68. The second-order valence-corrected chi connectivity index (χ2v) is 4.53. The first-order valence-corrected chi connectivity index (χ1v) is 5.64. The van der Waals surface area contributed by atoms with Gasteiger partial charge in [-0.1, -0.05) is 12.1 Å². The van der Waals surface area contributed by atoms with Gasteiger partial charge >= 0.3 is 29.6 Å². The third-order valence-corrected chi connectivity index (χ3v) is 3.34. The number of nitrogens with zero attached hydrogens (tertiary/aromatic N) is 1. The summed E-state index contributed by atoms with van der Waals surface area (Å²) in [6.45, 7) is 1.78. The molecule has 0 N–H and O–H groups in total. The Labute approximate surface area is 114 Å². The van der Waals surface area contributed by atoms with Gasteiger partial charge in [0.15, 0.2) is 0 Å². The average Bonchev–Trinajstić information content (AvgIpc) is 2.16. The van der Waals surface area contributed by atoms with E-state index >= 15 is 0 Å². The predicted octanol–water partition coefficient (Wildman–Crippen LogP) is -2.08. The van der Waals surface area contributed by atoms with Crippen LogP contribution < -0.4 is 29.6 Å². The van der Waals surface area contributed by atoms with Crippen LogP contribution in [-0.4, -0.2) is 27.3 Å². The van der Waals surface area contributed by atoms with E-state index in [1.54, 1.807) is 6.07 Å². The van der Waals surface area contributed by atoms with Crippen LogP contribution in [0.15, 0.2) is 23.1 Å². The van der Waals surface area contributed by atoms with E-state index in [2.05, 4.69) is 4.90 Å². The first-order valence-electron chi connectivity index (χ1n) is 4.57. The van der Waals surface area contributed by atoms with E-state index in [0.29, 0.717) is 4.90 Å². The van der Waals surface area contributed by atoms with Crippen molar-refractivity contribution in [3.63, 3.8) is 0 Å². The molecule has 76 valence electrons. The van der Waals surface area contributed by atoms with Crippen molar-refractivity contribution in [1.29, 1.82) is 0 Å². The standard InChI is InChI=1S/C10H13NO2S.Na/c1-11-6-5-9-8(7-11)3-2-4-10(9)14(12)13;/h2-4H,5-7H2,1H3,(H,12,13);/q;+1/p-1. The fraction of sp³-hybridized carbons (Fsp3) is 0.400. The number of fused-ring (bicyclic) bond motifs is 1. The zero-order valence-electron chi connectivity index (χ0n) is 9.03. The number of hydrogen-bond donors (Lipinski definition) is 0. The number of likely N-dealkylation sites (N-methyl/N-ethyl adjacent to an activating group) is 1. The number of benzene rings is 1. The Morgan fingerprint density at radius 3 is 2.87 bits per heavy atom. The molecule has 0 bridgehead atoms. The fourth-order valence-corrected chi connectivity index (χ4v) is 2.50. The van der Waals surface area contributed by atoms with E-state index in [4.69, 9.17) is 0 Å². The molecule has 0 spiro atoms. The summed E-state index contributed by atoms with van der Waals surface area (Å²) in [6, 6.07) is 5.48. The van der Waals surface area contributed by atoms with Gasteiger partial charge in [-0.05, 0) is 41.7 Å². The molecule has 1 heterocycles. The van der Waals surface area contributed by atoms with Gasteiger partial charge < -0.3 is 9.45 Å². The molecule has 3 nitrogen and oxygen atoms in total. The van der Waals surface area contributed by atoms with Crippen molar-refractivity contribution in [2.45, 2.75) is 17.9 Å². The van der Waals surface area contributed by atoms with Crippen LogP contribution in [0.3, 0.4) is 0 Å². The molecule has 0 radical (unpaired) electrons. The van der Waals surface area contributed by atoms with E-state index in [9.17, 15) is 8.76 Å². The van der Waals surface area contributed by atoms with Crippen molar-refractivity contribution < 1.29 is 38.3 Å². The van der Waals surface area contributed by atoms with Crippen LogP contribution in [0.2, 0.25) is 0 Å². The zero-order valence-corrected chi connectivity index (χ0v) is 11.8. The van der Waals surface area contributed by atoms with Crippen LogP contribution in [0.1, 0.15) is 11.1 Å². The predicted molar refractivity (Wildman–Crippen MR) is 53.7 cm³/mol. The summed E-state index contributed by atoms with van der Waals surface area (Å²) in [6.07, 6.45) is 0.829. The van der Waals surface area contributed by atoms with E-state index < -0.39 is 11.1 Å². The summed E-state index contributed by atoms with van der Waals surface area (Å²) < 4.78 is 21.9. The van der Waals surface area contributed by atoms with Crippen LogP contribution in [0.25, 0.3) is 0 Å². The van der Waals surface area contributed by atoms with Gasteiger partial charge in [0.25, 0.3) is 0 Å². The monoisotopic (exact) mass is 233 g/mol. The number of rotatable bonds is 1. The van der Waals surface area contributed by atoms with Gasteiger partial charge in [-0.25, -0.2) is 0 Å². The van der Waals surface area contributed by atoms with Gasteiger partial charge in [0, 0.05) is 18.0 Å². The van der Waals surface area contributed by atoms with Gasteiger partial charge in [0.2, 0.25) is 0 Å². The molecule has 0 aliphatic carbocycles. The molecule has 0 saturated carbocycles. The van der Waals surface area contributed by atoms with E-state index in [-0.39, 0.29) is 29.6 Å². The summed E-state index contributed by atoms with van der Waals surface area (Å²) in [5, 5.41) is 0. The van der Waals surface area contributed by atoms with Crippen molar-refractivity contribution in [3.8, 4) is 0 Å². The number of hydrogen-bond acceptors (Lipinski definition) is 3. The molecule has 0 fully saturated rings. The zero-order chi connectivity index (χ0) is 10.1. The van der Waals surface area contributed by atoms with Gasteiger partial charge in [-0.2, -0.15) is 0 Å². The van der Waals surface area contributed by atoms with Crippen LogP contribution in [0.5, 0.6) is 0 Å². The summed E-state index contributed by atoms with van der Waals surface area (Å²) in [5.74, 6) is 0. The normalized spacial score (nSPS) is 17.7. The Bertz CT molecular complexity index is 384. The van der Waals surface area contributed by atoms with Crippen LogP contribution in [-0.2, 0) is 24.0 Å². The Balaban J connectivity index is 0.00000112. The maximum atomic E-state index is 10.9. The van der Waals surface area contributed by atoms with E-state index in [1.807, 2.05) is 19.2 Å². The fourth-order valence-electron chi connectivity index (χ4n) is 1.87. The SMILES string of the molecule is CN1CCc2c(cccc2S(=O)[O-])C1.[Na+]. The van der Waals surface area contributed by atoms with E-state index in [1.165, 1.54) is 0 Å². The molecule has 1 atom stereocenters. The molecular formula is C10H12NNaO2S. The maximum Gasteiger partial charge on any atom is 1.00 e. The minimum atomic E-state index is -2.10. The summed E-state index contributed by atoms with van der Waals surface area (Å²) >= 11 is -2.10. The Hall–Kier alpha value is 0.290. The Kier molecular flexibility index (Phi) is 4.96. The van der Waals surface area contributed by atoms with Crippen LogP contribution >= 0.6 is 0 Å². The molecule has 1 aromatic rings. The van der Waals surface area contributed by atoms with Crippen molar-refractivity contribution in [1.82, 2.24) is 4.90 Å². The molecule has 5 heteroatoms. The topological polar surface area (TPSA) is 43.4 Å². The van der Waals surface area contributed by atoms with Gasteiger partial charge in [-0.3, -0.25) is 4.21 Å². The molecule has 0 aromatic heterocycles. The summed E-state index contributed by atoms with van der Waals surface area (Å²) in [4.78, 5) is 2.66. The minimum absolute atomic E-state index is 0. The molecular weight excluding hydrogens is 221 g/mol. The van der Waals surface area contributed by atoms with Crippen molar-refractivity contribution in [2.75, 3.05) is 13.6 Å². The average molecular weight is 233 g/mol. The van der Waals surface area contributed by atoms with Crippen LogP contribution in [0.4, 0.5) is 0 Å². The second kappa shape index (κ2) is 5.57. The van der Waals surface area contributed by atoms with Gasteiger partial charge in [0.05, 0.1) is 0 Å². The molecule has 0 saturated heterocycles. The molecule has 1 aromatic carbocycles. The van der Waals surface area contributed by atoms with Gasteiger partial charge in [-0.15, -0.1) is 0 Å². The quantitative estimate of drug-likeness (QED) is 0.413. The molecule has 2 rings (SSSR count). The molecule has 1 aliphatic heterocycles. The van der Waals surface area contributed by atoms with E-state index in [0.717, 1.165) is 30.6 Å². The van der Waals surface area contributed by atoms with Crippen molar-refractivity contribution in [2.24, 2.45) is 0 Å². The van der Waals surface area contributed by atoms with Crippen molar-refractivity contribution >= 4 is 11.1 Å². The molecule has 15 heavy (non-hydrogen) atoms. The van der Waals surface area contributed by atoms with Crippen LogP contribution in [0, 0.1) is 0 Å². The largest absolute Gasteiger partial charge is 1.00 e. The third-order valence-electron chi connectivity index (χ3n) is 2.59. The maximum absolute atomic E-state index is 10.9. The first kappa shape index (κ1) is 13.4. The third kappa shape index (κ3) is 2.90. The van der Waals surface area contributed by atoms with Crippen molar-refractivity contribution in [3.05, 3.63) is 29.3 Å².